The summed E-state index contributed by atoms with van der Waals surface area (Å²) in [5, 5.41) is 14.6. The predicted octanol–water partition coefficient (Wildman–Crippen LogP) is 4.89. The summed E-state index contributed by atoms with van der Waals surface area (Å²) >= 11 is 3.35. The molecule has 0 amide bonds. The molecule has 1 saturated carbocycles. The van der Waals surface area contributed by atoms with Crippen molar-refractivity contribution in [1.82, 2.24) is 0 Å². The Morgan fingerprint density at radius 1 is 1.38 bits per heavy atom. The standard InChI is InChI=1S/C15H21BrN2O3/c1-2-8-21-15-10-13(14(18(19)20)9-12(15)16)17-11-6-4-3-5-7-11/h9-11,17H,2-8H2,1H3. The summed E-state index contributed by atoms with van der Waals surface area (Å²) in [4.78, 5) is 10.9. The number of hydrogen-bond acceptors (Lipinski definition) is 4. The summed E-state index contributed by atoms with van der Waals surface area (Å²) in [6.07, 6.45) is 6.65. The molecule has 21 heavy (non-hydrogen) atoms. The summed E-state index contributed by atoms with van der Waals surface area (Å²) in [7, 11) is 0. The van der Waals surface area contributed by atoms with E-state index in [9.17, 15) is 10.1 Å². The van der Waals surface area contributed by atoms with E-state index in [2.05, 4.69) is 21.2 Å². The maximum absolute atomic E-state index is 11.2. The molecule has 1 fully saturated rings. The third kappa shape index (κ3) is 4.33. The van der Waals surface area contributed by atoms with Gasteiger partial charge in [0.2, 0.25) is 0 Å². The molecule has 0 unspecified atom stereocenters. The molecule has 1 N–H and O–H groups in total. The highest BCUT2D eigenvalue weighted by Gasteiger charge is 2.21. The maximum Gasteiger partial charge on any atom is 0.293 e. The number of benzene rings is 1. The van der Waals surface area contributed by atoms with E-state index < -0.39 is 0 Å². The van der Waals surface area contributed by atoms with Crippen LogP contribution >= 0.6 is 15.9 Å². The second-order valence-corrected chi connectivity index (χ2v) is 6.24. The van der Waals surface area contributed by atoms with E-state index >= 15 is 0 Å². The van der Waals surface area contributed by atoms with E-state index in [1.165, 1.54) is 25.3 Å². The highest BCUT2D eigenvalue weighted by molar-refractivity contribution is 9.10. The van der Waals surface area contributed by atoms with Crippen molar-refractivity contribution in [3.63, 3.8) is 0 Å². The Balaban J connectivity index is 2.24. The van der Waals surface area contributed by atoms with Crippen molar-refractivity contribution < 1.29 is 9.66 Å². The number of halogens is 1. The van der Waals surface area contributed by atoms with Gasteiger partial charge in [-0.05, 0) is 35.2 Å². The minimum atomic E-state index is -0.348. The van der Waals surface area contributed by atoms with E-state index in [0.29, 0.717) is 28.6 Å². The average molecular weight is 357 g/mol. The second-order valence-electron chi connectivity index (χ2n) is 5.38. The molecule has 5 nitrogen and oxygen atoms in total. The van der Waals surface area contributed by atoms with Crippen LogP contribution in [-0.4, -0.2) is 17.6 Å². The van der Waals surface area contributed by atoms with Gasteiger partial charge in [-0.3, -0.25) is 10.1 Å². The SMILES string of the molecule is CCCOc1cc(NC2CCCCC2)c([N+](=O)[O-])cc1Br. The molecule has 1 aromatic rings. The van der Waals surface area contributed by atoms with Crippen LogP contribution in [0.15, 0.2) is 16.6 Å². The molecule has 2 rings (SSSR count). The Morgan fingerprint density at radius 3 is 2.71 bits per heavy atom. The van der Waals surface area contributed by atoms with Gasteiger partial charge in [-0.2, -0.15) is 0 Å². The van der Waals surface area contributed by atoms with E-state index in [4.69, 9.17) is 4.74 Å². The van der Waals surface area contributed by atoms with E-state index in [0.717, 1.165) is 19.3 Å². The fraction of sp³-hybridized carbons (Fsp3) is 0.600. The number of nitro benzene ring substituents is 1. The summed E-state index contributed by atoms with van der Waals surface area (Å²) in [5.74, 6) is 0.653. The Hall–Kier alpha value is -1.30. The van der Waals surface area contributed by atoms with Gasteiger partial charge in [-0.1, -0.05) is 26.2 Å². The molecule has 0 atom stereocenters. The number of nitrogens with zero attached hydrogens (tertiary/aromatic N) is 1. The van der Waals surface area contributed by atoms with Crippen LogP contribution in [0.25, 0.3) is 0 Å². The van der Waals surface area contributed by atoms with Crippen molar-refractivity contribution in [2.45, 2.75) is 51.5 Å². The topological polar surface area (TPSA) is 64.4 Å². The van der Waals surface area contributed by atoms with Crippen LogP contribution in [0.3, 0.4) is 0 Å². The molecule has 1 aromatic carbocycles. The lowest BCUT2D eigenvalue weighted by Crippen LogP contribution is -2.22. The number of anilines is 1. The first-order valence-corrected chi connectivity index (χ1v) is 8.28. The molecule has 1 aliphatic carbocycles. The van der Waals surface area contributed by atoms with Crippen LogP contribution in [0.2, 0.25) is 0 Å². The van der Waals surface area contributed by atoms with Gasteiger partial charge in [0, 0.05) is 18.2 Å². The molecule has 0 bridgehead atoms. The molecule has 0 spiro atoms. The van der Waals surface area contributed by atoms with E-state index in [1.54, 1.807) is 6.07 Å². The highest BCUT2D eigenvalue weighted by atomic mass is 79.9. The number of rotatable bonds is 6. The van der Waals surface area contributed by atoms with Gasteiger partial charge < -0.3 is 10.1 Å². The van der Waals surface area contributed by atoms with E-state index in [-0.39, 0.29) is 10.6 Å². The molecule has 0 heterocycles. The van der Waals surface area contributed by atoms with Gasteiger partial charge in [-0.15, -0.1) is 0 Å². The quantitative estimate of drug-likeness (QED) is 0.582. The minimum Gasteiger partial charge on any atom is -0.492 e. The van der Waals surface area contributed by atoms with Crippen molar-refractivity contribution in [1.29, 1.82) is 0 Å². The van der Waals surface area contributed by atoms with Crippen molar-refractivity contribution >= 4 is 27.3 Å². The molecular formula is C15H21BrN2O3. The number of ether oxygens (including phenoxy) is 1. The first-order valence-electron chi connectivity index (χ1n) is 7.49. The lowest BCUT2D eigenvalue weighted by molar-refractivity contribution is -0.384. The largest absolute Gasteiger partial charge is 0.492 e. The Bertz CT molecular complexity index is 502. The number of nitrogens with one attached hydrogen (secondary N) is 1. The van der Waals surface area contributed by atoms with Gasteiger partial charge in [0.1, 0.15) is 11.4 Å². The van der Waals surface area contributed by atoms with Crippen molar-refractivity contribution in [3.8, 4) is 5.75 Å². The van der Waals surface area contributed by atoms with Crippen molar-refractivity contribution in [3.05, 3.63) is 26.7 Å². The fourth-order valence-electron chi connectivity index (χ4n) is 2.60. The molecule has 6 heteroatoms. The zero-order valence-electron chi connectivity index (χ0n) is 12.2. The Morgan fingerprint density at radius 2 is 2.10 bits per heavy atom. The van der Waals surface area contributed by atoms with E-state index in [1.807, 2.05) is 6.92 Å². The van der Waals surface area contributed by atoms with Crippen LogP contribution in [0, 0.1) is 10.1 Å². The second kappa shape index (κ2) is 7.64. The zero-order valence-corrected chi connectivity index (χ0v) is 13.8. The smallest absolute Gasteiger partial charge is 0.293 e. The first kappa shape index (κ1) is 16.1. The van der Waals surface area contributed by atoms with Gasteiger partial charge in [0.05, 0.1) is 16.0 Å². The van der Waals surface area contributed by atoms with Crippen molar-refractivity contribution in [2.75, 3.05) is 11.9 Å². The van der Waals surface area contributed by atoms with Crippen LogP contribution in [0.4, 0.5) is 11.4 Å². The molecule has 0 aromatic heterocycles. The summed E-state index contributed by atoms with van der Waals surface area (Å²) < 4.78 is 6.26. The highest BCUT2D eigenvalue weighted by Crippen LogP contribution is 2.37. The van der Waals surface area contributed by atoms with Gasteiger partial charge >= 0.3 is 0 Å². The first-order chi connectivity index (χ1) is 10.1. The minimum absolute atomic E-state index is 0.0938. The Labute approximate surface area is 133 Å². The third-order valence-electron chi connectivity index (χ3n) is 3.67. The van der Waals surface area contributed by atoms with Crippen LogP contribution in [-0.2, 0) is 0 Å². The van der Waals surface area contributed by atoms with Gasteiger partial charge in [0.15, 0.2) is 0 Å². The maximum atomic E-state index is 11.2. The van der Waals surface area contributed by atoms with Crippen molar-refractivity contribution in [2.24, 2.45) is 0 Å². The van der Waals surface area contributed by atoms with Crippen LogP contribution in [0.5, 0.6) is 5.75 Å². The van der Waals surface area contributed by atoms with Gasteiger partial charge in [-0.25, -0.2) is 0 Å². The average Bonchev–Trinajstić information content (AvgIpc) is 2.48. The number of nitro groups is 1. The zero-order chi connectivity index (χ0) is 15.2. The predicted molar refractivity (Wildman–Crippen MR) is 87.1 cm³/mol. The monoisotopic (exact) mass is 356 g/mol. The molecule has 1 aliphatic rings. The molecule has 0 aliphatic heterocycles. The molecular weight excluding hydrogens is 336 g/mol. The number of hydrogen-bond donors (Lipinski definition) is 1. The lowest BCUT2D eigenvalue weighted by Gasteiger charge is -2.24. The normalized spacial score (nSPS) is 15.7. The van der Waals surface area contributed by atoms with Gasteiger partial charge in [0.25, 0.3) is 5.69 Å². The fourth-order valence-corrected chi connectivity index (χ4v) is 3.04. The molecule has 0 radical (unpaired) electrons. The van der Waals surface area contributed by atoms with Crippen LogP contribution < -0.4 is 10.1 Å². The molecule has 116 valence electrons. The summed E-state index contributed by atoms with van der Waals surface area (Å²) in [6.45, 7) is 2.62. The van der Waals surface area contributed by atoms with Crippen LogP contribution in [0.1, 0.15) is 45.4 Å². The lowest BCUT2D eigenvalue weighted by atomic mass is 9.95. The third-order valence-corrected chi connectivity index (χ3v) is 4.29. The molecule has 0 saturated heterocycles. The Kier molecular flexibility index (Phi) is 5.85. The summed E-state index contributed by atoms with van der Waals surface area (Å²) in [5.41, 5.74) is 0.650. The summed E-state index contributed by atoms with van der Waals surface area (Å²) in [6, 6.07) is 3.58.